The van der Waals surface area contributed by atoms with Gasteiger partial charge >= 0.3 is 0 Å². The molecule has 1 aliphatic rings. The van der Waals surface area contributed by atoms with E-state index in [1.807, 2.05) is 0 Å². The first-order valence-electron chi connectivity index (χ1n) is 6.76. The van der Waals surface area contributed by atoms with Gasteiger partial charge in [-0.25, -0.2) is 0 Å². The fraction of sp³-hybridized carbons (Fsp3) is 0.467. The van der Waals surface area contributed by atoms with E-state index in [1.165, 1.54) is 5.69 Å². The summed E-state index contributed by atoms with van der Waals surface area (Å²) in [5, 5.41) is 10.4. The highest BCUT2D eigenvalue weighted by atomic mass is 79.9. The smallest absolute Gasteiger partial charge is 0.100 e. The third kappa shape index (κ3) is 3.65. The van der Waals surface area contributed by atoms with Gasteiger partial charge in [-0.3, -0.25) is 0 Å². The number of halogens is 1. The first kappa shape index (κ1) is 14.7. The molecule has 0 bridgehead atoms. The fourth-order valence-electron chi connectivity index (χ4n) is 2.55. The van der Waals surface area contributed by atoms with E-state index in [9.17, 15) is 0 Å². The topological polar surface area (TPSA) is 34.6 Å². The zero-order chi connectivity index (χ0) is 14.4. The van der Waals surface area contributed by atoms with Crippen LogP contribution in [0.15, 0.2) is 28.7 Å². The van der Waals surface area contributed by atoms with Gasteiger partial charge in [0.2, 0.25) is 0 Å². The number of nitrogens with zero attached hydrogens (tertiary/aromatic N) is 4. The standard InChI is InChI=1S/C15H17BrN4/c1-18-20(10-2-9-17)15-7-11-19(12-8-15)14-5-3-13(16)4-6-14/h3-6,15H,2,7-8,10-12H2. The van der Waals surface area contributed by atoms with Crippen molar-refractivity contribution in [3.63, 3.8) is 0 Å². The molecule has 1 fully saturated rings. The first-order chi connectivity index (χ1) is 9.74. The first-order valence-corrected chi connectivity index (χ1v) is 7.55. The van der Waals surface area contributed by atoms with Gasteiger partial charge in [-0.2, -0.15) is 16.8 Å². The summed E-state index contributed by atoms with van der Waals surface area (Å²) in [5.74, 6) is 0. The minimum absolute atomic E-state index is 0.285. The van der Waals surface area contributed by atoms with Crippen molar-refractivity contribution in [3.05, 3.63) is 40.3 Å². The van der Waals surface area contributed by atoms with Gasteiger partial charge in [0.05, 0.1) is 19.0 Å². The Morgan fingerprint density at radius 1 is 1.35 bits per heavy atom. The van der Waals surface area contributed by atoms with Gasteiger partial charge in [-0.15, -0.1) is 5.01 Å². The van der Waals surface area contributed by atoms with Crippen LogP contribution in [0.4, 0.5) is 5.69 Å². The summed E-state index contributed by atoms with van der Waals surface area (Å²) >= 11 is 3.45. The maximum absolute atomic E-state index is 8.63. The Morgan fingerprint density at radius 2 is 2.00 bits per heavy atom. The van der Waals surface area contributed by atoms with E-state index >= 15 is 0 Å². The van der Waals surface area contributed by atoms with Gasteiger partial charge in [0, 0.05) is 23.2 Å². The van der Waals surface area contributed by atoms with E-state index in [1.54, 1.807) is 5.01 Å². The molecule has 20 heavy (non-hydrogen) atoms. The molecule has 0 unspecified atom stereocenters. The number of anilines is 1. The van der Waals surface area contributed by atoms with Crippen molar-refractivity contribution in [3.8, 4) is 6.07 Å². The molecule has 0 saturated carbocycles. The maximum Gasteiger partial charge on any atom is 0.100 e. The molecule has 1 aliphatic heterocycles. The Hall–Kier alpha value is -1.72. The molecule has 1 aromatic rings. The van der Waals surface area contributed by atoms with Crippen LogP contribution in [0.3, 0.4) is 0 Å². The SMILES string of the molecule is [C-]#[N+]N(CCC#N)C1CCN(c2ccc(Br)cc2)CC1. The van der Waals surface area contributed by atoms with Crippen molar-refractivity contribution in [2.45, 2.75) is 25.3 Å². The van der Waals surface area contributed by atoms with Crippen LogP contribution in [-0.4, -0.2) is 30.7 Å². The lowest BCUT2D eigenvalue weighted by Gasteiger charge is -2.34. The summed E-state index contributed by atoms with van der Waals surface area (Å²) < 4.78 is 1.09. The van der Waals surface area contributed by atoms with E-state index in [0.29, 0.717) is 13.0 Å². The summed E-state index contributed by atoms with van der Waals surface area (Å²) in [5.41, 5.74) is 1.23. The second-order valence-corrected chi connectivity index (χ2v) is 5.78. The monoisotopic (exact) mass is 332 g/mol. The average Bonchev–Trinajstić information content (AvgIpc) is 2.49. The van der Waals surface area contributed by atoms with Gasteiger partial charge in [-0.05, 0) is 37.1 Å². The molecule has 0 aliphatic carbocycles. The molecule has 4 nitrogen and oxygen atoms in total. The minimum Gasteiger partial charge on any atom is -0.371 e. The molecule has 5 heteroatoms. The average molecular weight is 333 g/mol. The van der Waals surface area contributed by atoms with Crippen molar-refractivity contribution in [1.82, 2.24) is 5.01 Å². The highest BCUT2D eigenvalue weighted by Crippen LogP contribution is 2.24. The quantitative estimate of drug-likeness (QED) is 0.625. The normalized spacial score (nSPS) is 15.4. The molecular weight excluding hydrogens is 316 g/mol. The van der Waals surface area contributed by atoms with Crippen LogP contribution >= 0.6 is 15.9 Å². The van der Waals surface area contributed by atoms with Gasteiger partial charge in [0.25, 0.3) is 0 Å². The fourth-order valence-corrected chi connectivity index (χ4v) is 2.82. The van der Waals surface area contributed by atoms with Crippen molar-refractivity contribution < 1.29 is 0 Å². The minimum atomic E-state index is 0.285. The second-order valence-electron chi connectivity index (χ2n) is 4.87. The van der Waals surface area contributed by atoms with Crippen LogP contribution in [0.2, 0.25) is 0 Å². The number of hydrogen-bond donors (Lipinski definition) is 0. The molecule has 0 atom stereocenters. The van der Waals surface area contributed by atoms with Gasteiger partial charge in [0.15, 0.2) is 0 Å². The molecular formula is C15H17BrN4. The van der Waals surface area contributed by atoms with Crippen molar-refractivity contribution in [2.75, 3.05) is 24.5 Å². The van der Waals surface area contributed by atoms with Crippen LogP contribution in [0, 0.1) is 17.9 Å². The highest BCUT2D eigenvalue weighted by Gasteiger charge is 2.27. The number of piperidine rings is 1. The van der Waals surface area contributed by atoms with Crippen molar-refractivity contribution in [2.24, 2.45) is 0 Å². The van der Waals surface area contributed by atoms with Gasteiger partial charge in [-0.1, -0.05) is 15.9 Å². The van der Waals surface area contributed by atoms with Gasteiger partial charge in [0.1, 0.15) is 6.04 Å². The van der Waals surface area contributed by atoms with Crippen LogP contribution in [0.5, 0.6) is 0 Å². The summed E-state index contributed by atoms with van der Waals surface area (Å²) in [6.45, 7) is 9.72. The lowest BCUT2D eigenvalue weighted by atomic mass is 10.0. The number of rotatable bonds is 4. The predicted octanol–water partition coefficient (Wildman–Crippen LogP) is 3.47. The Morgan fingerprint density at radius 3 is 2.55 bits per heavy atom. The van der Waals surface area contributed by atoms with E-state index in [0.717, 1.165) is 30.4 Å². The summed E-state index contributed by atoms with van der Waals surface area (Å²) in [6, 6.07) is 10.7. The van der Waals surface area contributed by atoms with Crippen molar-refractivity contribution >= 4 is 21.6 Å². The molecule has 2 rings (SSSR count). The zero-order valence-electron chi connectivity index (χ0n) is 11.3. The lowest BCUT2D eigenvalue weighted by Crippen LogP contribution is -2.42. The van der Waals surface area contributed by atoms with E-state index in [-0.39, 0.29) is 6.04 Å². The summed E-state index contributed by atoms with van der Waals surface area (Å²) in [4.78, 5) is 5.92. The molecule has 104 valence electrons. The Bertz CT molecular complexity index is 506. The molecule has 1 saturated heterocycles. The Labute approximate surface area is 128 Å². The van der Waals surface area contributed by atoms with E-state index < -0.39 is 0 Å². The molecule has 1 heterocycles. The highest BCUT2D eigenvalue weighted by molar-refractivity contribution is 9.10. The van der Waals surface area contributed by atoms with Crippen LogP contribution < -0.4 is 4.90 Å². The van der Waals surface area contributed by atoms with Crippen LogP contribution in [0.25, 0.3) is 4.95 Å². The predicted molar refractivity (Wildman–Crippen MR) is 82.9 cm³/mol. The number of hydrogen-bond acceptors (Lipinski definition) is 3. The van der Waals surface area contributed by atoms with E-state index in [2.05, 4.69) is 56.1 Å². The lowest BCUT2D eigenvalue weighted by molar-refractivity contribution is 0.236. The molecule has 1 aromatic carbocycles. The molecule has 0 N–H and O–H groups in total. The third-order valence-corrected chi connectivity index (χ3v) is 4.19. The largest absolute Gasteiger partial charge is 0.371 e. The summed E-state index contributed by atoms with van der Waals surface area (Å²) in [7, 11) is 0. The van der Waals surface area contributed by atoms with Gasteiger partial charge < -0.3 is 4.90 Å². The Balaban J connectivity index is 1.90. The van der Waals surface area contributed by atoms with Crippen LogP contribution in [-0.2, 0) is 0 Å². The van der Waals surface area contributed by atoms with Crippen molar-refractivity contribution in [1.29, 1.82) is 5.26 Å². The number of benzene rings is 1. The summed E-state index contributed by atoms with van der Waals surface area (Å²) in [6.07, 6.45) is 2.38. The zero-order valence-corrected chi connectivity index (χ0v) is 12.9. The number of nitriles is 1. The van der Waals surface area contributed by atoms with E-state index in [4.69, 9.17) is 11.8 Å². The molecule has 0 radical (unpaired) electrons. The molecule has 0 spiro atoms. The third-order valence-electron chi connectivity index (χ3n) is 3.66. The molecule has 0 amide bonds. The van der Waals surface area contributed by atoms with Crippen LogP contribution in [0.1, 0.15) is 19.3 Å². The second kappa shape index (κ2) is 7.17. The Kier molecular flexibility index (Phi) is 5.26. The maximum atomic E-state index is 8.63. The molecule has 0 aromatic heterocycles.